The fourth-order valence-electron chi connectivity index (χ4n) is 1.46. The van der Waals surface area contributed by atoms with E-state index in [1.807, 2.05) is 5.38 Å². The summed E-state index contributed by atoms with van der Waals surface area (Å²) < 4.78 is 3.84. The molecular formula is C10H15N5S2. The molecule has 2 rings (SSSR count). The highest BCUT2D eigenvalue weighted by Crippen LogP contribution is 2.27. The van der Waals surface area contributed by atoms with Crippen LogP contribution in [0.2, 0.25) is 0 Å². The van der Waals surface area contributed by atoms with Crippen LogP contribution in [0.25, 0.3) is 10.7 Å². The predicted octanol–water partition coefficient (Wildman–Crippen LogP) is 2.51. The second-order valence-corrected chi connectivity index (χ2v) is 5.27. The zero-order valence-corrected chi connectivity index (χ0v) is 11.5. The Morgan fingerprint density at radius 1 is 1.29 bits per heavy atom. The van der Waals surface area contributed by atoms with Crippen molar-refractivity contribution >= 4 is 22.9 Å². The molecule has 0 saturated carbocycles. The van der Waals surface area contributed by atoms with Crippen molar-refractivity contribution in [2.45, 2.75) is 32.7 Å². The minimum Gasteiger partial charge on any atom is -0.308 e. The third kappa shape index (κ3) is 3.05. The van der Waals surface area contributed by atoms with E-state index in [2.05, 4.69) is 38.9 Å². The van der Waals surface area contributed by atoms with Crippen molar-refractivity contribution in [3.05, 3.63) is 10.4 Å². The molecule has 0 fully saturated rings. The maximum Gasteiger partial charge on any atom is 0.169 e. The molecule has 0 radical (unpaired) electrons. The molecule has 0 bridgehead atoms. The van der Waals surface area contributed by atoms with Gasteiger partial charge < -0.3 is 5.32 Å². The van der Waals surface area contributed by atoms with Gasteiger partial charge in [-0.1, -0.05) is 29.7 Å². The predicted molar refractivity (Wildman–Crippen MR) is 70.1 cm³/mol. The van der Waals surface area contributed by atoms with Crippen molar-refractivity contribution in [1.29, 1.82) is 0 Å². The zero-order chi connectivity index (χ0) is 12.1. The zero-order valence-electron chi connectivity index (χ0n) is 9.88. The molecule has 0 aliphatic carbocycles. The monoisotopic (exact) mass is 269 g/mol. The second-order valence-electron chi connectivity index (χ2n) is 3.65. The van der Waals surface area contributed by atoms with Crippen LogP contribution < -0.4 is 5.32 Å². The summed E-state index contributed by atoms with van der Waals surface area (Å²) >= 11 is 2.93. The number of nitrogens with one attached hydrogen (secondary N) is 1. The molecule has 1 unspecified atom stereocenters. The first-order valence-electron chi connectivity index (χ1n) is 5.69. The molecule has 0 aliphatic heterocycles. The summed E-state index contributed by atoms with van der Waals surface area (Å²) in [5.74, 6) is 0. The molecule has 0 spiro atoms. The van der Waals surface area contributed by atoms with Crippen LogP contribution in [0.5, 0.6) is 0 Å². The van der Waals surface area contributed by atoms with E-state index in [1.54, 1.807) is 11.3 Å². The third-order valence-electron chi connectivity index (χ3n) is 2.37. The van der Waals surface area contributed by atoms with Gasteiger partial charge >= 0.3 is 0 Å². The standard InChI is InChI=1S/C10H15N5S2/c1-3-5-11-7(4-2)9-13-14-10(17-9)8-6-16-15-12-8/h6-7,11H,3-5H2,1-2H3. The molecule has 0 aliphatic rings. The van der Waals surface area contributed by atoms with Crippen molar-refractivity contribution < 1.29 is 0 Å². The molecule has 2 heterocycles. The van der Waals surface area contributed by atoms with Gasteiger partial charge in [0.15, 0.2) is 5.01 Å². The summed E-state index contributed by atoms with van der Waals surface area (Å²) in [6.07, 6.45) is 2.14. The molecule has 1 N–H and O–H groups in total. The highest BCUT2D eigenvalue weighted by molar-refractivity contribution is 7.15. The Bertz CT molecular complexity index is 439. The quantitative estimate of drug-likeness (QED) is 0.873. The van der Waals surface area contributed by atoms with Gasteiger partial charge in [0.1, 0.15) is 10.7 Å². The number of nitrogens with zero attached hydrogens (tertiary/aromatic N) is 4. The molecule has 2 aromatic heterocycles. The van der Waals surface area contributed by atoms with Crippen molar-refractivity contribution in [3.63, 3.8) is 0 Å². The minimum atomic E-state index is 0.299. The normalized spacial score (nSPS) is 12.8. The van der Waals surface area contributed by atoms with E-state index >= 15 is 0 Å². The van der Waals surface area contributed by atoms with E-state index in [4.69, 9.17) is 0 Å². The van der Waals surface area contributed by atoms with E-state index < -0.39 is 0 Å². The highest BCUT2D eigenvalue weighted by Gasteiger charge is 2.15. The average Bonchev–Trinajstić information content (AvgIpc) is 3.00. The van der Waals surface area contributed by atoms with E-state index in [0.717, 1.165) is 35.1 Å². The number of hydrogen-bond acceptors (Lipinski definition) is 7. The molecule has 1 atom stereocenters. The Morgan fingerprint density at radius 2 is 2.18 bits per heavy atom. The number of rotatable bonds is 6. The van der Waals surface area contributed by atoms with Gasteiger partial charge in [-0.2, -0.15) is 0 Å². The Kier molecular flexibility index (Phi) is 4.52. The van der Waals surface area contributed by atoms with Crippen LogP contribution >= 0.6 is 22.9 Å². The molecule has 7 heteroatoms. The van der Waals surface area contributed by atoms with Crippen LogP contribution in [0.3, 0.4) is 0 Å². The summed E-state index contributed by atoms with van der Waals surface area (Å²) in [6.45, 7) is 5.32. The molecule has 92 valence electrons. The van der Waals surface area contributed by atoms with Gasteiger partial charge in [-0.05, 0) is 30.9 Å². The largest absolute Gasteiger partial charge is 0.308 e. The fourth-order valence-corrected chi connectivity index (χ4v) is 2.93. The van der Waals surface area contributed by atoms with E-state index in [1.165, 1.54) is 11.5 Å². The fraction of sp³-hybridized carbons (Fsp3) is 0.600. The highest BCUT2D eigenvalue weighted by atomic mass is 32.1. The van der Waals surface area contributed by atoms with Crippen LogP contribution in [0.4, 0.5) is 0 Å². The molecular weight excluding hydrogens is 254 g/mol. The van der Waals surface area contributed by atoms with Gasteiger partial charge in [0.25, 0.3) is 0 Å². The Morgan fingerprint density at radius 3 is 2.82 bits per heavy atom. The smallest absolute Gasteiger partial charge is 0.169 e. The summed E-state index contributed by atoms with van der Waals surface area (Å²) in [6, 6.07) is 0.299. The van der Waals surface area contributed by atoms with Crippen molar-refractivity contribution in [2.24, 2.45) is 0 Å². The topological polar surface area (TPSA) is 63.6 Å². The Hall–Kier alpha value is -0.920. The van der Waals surface area contributed by atoms with Crippen molar-refractivity contribution in [1.82, 2.24) is 25.1 Å². The minimum absolute atomic E-state index is 0.299. The van der Waals surface area contributed by atoms with Gasteiger partial charge in [-0.3, -0.25) is 0 Å². The lowest BCUT2D eigenvalue weighted by atomic mass is 10.2. The van der Waals surface area contributed by atoms with E-state index in [9.17, 15) is 0 Å². The number of hydrogen-bond donors (Lipinski definition) is 1. The van der Waals surface area contributed by atoms with Gasteiger partial charge in [0, 0.05) is 5.38 Å². The lowest BCUT2D eigenvalue weighted by Crippen LogP contribution is -2.21. The maximum absolute atomic E-state index is 4.24. The van der Waals surface area contributed by atoms with Crippen LogP contribution in [0.15, 0.2) is 5.38 Å². The third-order valence-corrected chi connectivity index (χ3v) is 3.93. The average molecular weight is 269 g/mol. The summed E-state index contributed by atoms with van der Waals surface area (Å²) in [5.41, 5.74) is 0.823. The van der Waals surface area contributed by atoms with E-state index in [-0.39, 0.29) is 0 Å². The number of aromatic nitrogens is 4. The van der Waals surface area contributed by atoms with Crippen molar-refractivity contribution in [3.8, 4) is 10.7 Å². The van der Waals surface area contributed by atoms with Crippen LogP contribution in [0, 0.1) is 0 Å². The molecule has 0 saturated heterocycles. The second kappa shape index (κ2) is 6.13. The van der Waals surface area contributed by atoms with Crippen molar-refractivity contribution in [2.75, 3.05) is 6.54 Å². The molecule has 0 amide bonds. The summed E-state index contributed by atoms with van der Waals surface area (Å²) in [4.78, 5) is 0. The van der Waals surface area contributed by atoms with Crippen LogP contribution in [-0.2, 0) is 0 Å². The summed E-state index contributed by atoms with van der Waals surface area (Å²) in [5, 5.41) is 19.7. The van der Waals surface area contributed by atoms with Crippen LogP contribution in [0.1, 0.15) is 37.7 Å². The molecule has 5 nitrogen and oxygen atoms in total. The molecule has 2 aromatic rings. The first-order chi connectivity index (χ1) is 8.35. The molecule has 17 heavy (non-hydrogen) atoms. The lowest BCUT2D eigenvalue weighted by molar-refractivity contribution is 0.513. The van der Waals surface area contributed by atoms with Gasteiger partial charge in [-0.15, -0.1) is 15.3 Å². The lowest BCUT2D eigenvalue weighted by Gasteiger charge is -2.12. The van der Waals surface area contributed by atoms with E-state index in [0.29, 0.717) is 6.04 Å². The molecule has 0 aromatic carbocycles. The first kappa shape index (κ1) is 12.5. The Labute approximate surface area is 108 Å². The maximum atomic E-state index is 4.24. The SMILES string of the molecule is CCCNC(CC)c1nnc(-c2csnn2)s1. The first-order valence-corrected chi connectivity index (χ1v) is 7.34. The summed E-state index contributed by atoms with van der Waals surface area (Å²) in [7, 11) is 0. The van der Waals surface area contributed by atoms with Crippen LogP contribution in [-0.4, -0.2) is 26.3 Å². The van der Waals surface area contributed by atoms with Gasteiger partial charge in [0.2, 0.25) is 0 Å². The van der Waals surface area contributed by atoms with Gasteiger partial charge in [-0.25, -0.2) is 0 Å². The Balaban J connectivity index is 2.11. The van der Waals surface area contributed by atoms with Gasteiger partial charge in [0.05, 0.1) is 6.04 Å².